The number of aryl methyl sites for hydroxylation is 4. The van der Waals surface area contributed by atoms with Gasteiger partial charge in [-0.1, -0.05) is 70.0 Å². The number of nitrogens with two attached hydrogens (primary N) is 1. The molecule has 9 aromatic rings. The van der Waals surface area contributed by atoms with Crippen molar-refractivity contribution in [3.8, 4) is 22.8 Å². The van der Waals surface area contributed by atoms with Gasteiger partial charge in [0.05, 0.1) is 38.7 Å². The van der Waals surface area contributed by atoms with Gasteiger partial charge in [-0.3, -0.25) is 28.3 Å². The quantitative estimate of drug-likeness (QED) is 0.0180. The van der Waals surface area contributed by atoms with Crippen LogP contribution in [0.1, 0.15) is 130 Å². The number of aromatic carboxylic acids is 1. The third kappa shape index (κ3) is 18.4. The number of carbonyl (C=O) groups excluding carboxylic acids is 2. The van der Waals surface area contributed by atoms with Crippen LogP contribution in [0.25, 0.3) is 44.6 Å². The predicted octanol–water partition coefficient (Wildman–Crippen LogP) is 12.1. The van der Waals surface area contributed by atoms with E-state index in [2.05, 4.69) is 20.3 Å². The number of carboxylic acid groups (broad SMARTS) is 1. The molecule has 0 amide bonds. The highest BCUT2D eigenvalue weighted by atomic mass is 19.1. The molecule has 6 aromatic carbocycles. The topological polar surface area (TPSA) is 257 Å². The van der Waals surface area contributed by atoms with Gasteiger partial charge < -0.3 is 30.0 Å². The molecule has 0 unspecified atom stereocenters. The average Bonchev–Trinajstić information content (AvgIpc) is 0.921. The van der Waals surface area contributed by atoms with Crippen molar-refractivity contribution < 1.29 is 47.5 Å². The van der Waals surface area contributed by atoms with Crippen LogP contribution in [-0.2, 0) is 44.7 Å². The first-order chi connectivity index (χ1) is 40.8. The average molecular weight is 1170 g/mol. The fourth-order valence-corrected chi connectivity index (χ4v) is 8.95. The van der Waals surface area contributed by atoms with Crippen LogP contribution >= 0.6 is 0 Å². The summed E-state index contributed by atoms with van der Waals surface area (Å²) < 4.78 is 46.2. The van der Waals surface area contributed by atoms with Crippen molar-refractivity contribution in [2.24, 2.45) is 10.9 Å². The van der Waals surface area contributed by atoms with Crippen molar-refractivity contribution in [1.82, 2.24) is 29.2 Å². The van der Waals surface area contributed by atoms with Crippen LogP contribution in [0.3, 0.4) is 0 Å². The van der Waals surface area contributed by atoms with E-state index in [1.807, 2.05) is 83.1 Å². The Morgan fingerprint density at radius 3 is 1.51 bits per heavy atom. The lowest BCUT2D eigenvalue weighted by atomic mass is 10.1. The number of fused-ring (bicyclic) bond motifs is 2. The van der Waals surface area contributed by atoms with E-state index in [-0.39, 0.29) is 58.2 Å². The number of halogens is 2. The number of oxime groups is 1. The molecule has 0 saturated carbocycles. The van der Waals surface area contributed by atoms with Gasteiger partial charge in [-0.05, 0) is 177 Å². The molecule has 0 fully saturated rings. The number of rotatable bonds is 18. The van der Waals surface area contributed by atoms with Crippen molar-refractivity contribution in [2.75, 3.05) is 0 Å². The lowest BCUT2D eigenvalue weighted by Crippen LogP contribution is -2.24. The first-order valence-electron chi connectivity index (χ1n) is 28.0. The molecule has 4 N–H and O–H groups in total. The highest BCUT2D eigenvalue weighted by molar-refractivity contribution is 5.93. The van der Waals surface area contributed by atoms with Gasteiger partial charge in [-0.15, -0.1) is 0 Å². The SMILES string of the molecule is CC(C)(C)OC(=O)CCCCc1nc2cc(C(=O)O)ccc2c(=O)n1-c1ccc(F)cc1.Cc1ccc(C/C(N)=N/O)cc1.Cc1ccc(Cc2noc(-c3ccc4c(=O)n(-c5ccc(F)cc5)c(CCCCC(=O)OC(C)(C)C)nc4c3)n2)cc1. The van der Waals surface area contributed by atoms with Crippen LogP contribution in [0.15, 0.2) is 153 Å². The Morgan fingerprint density at radius 1 is 0.605 bits per heavy atom. The number of carbonyl (C=O) groups is 3. The van der Waals surface area contributed by atoms with E-state index in [1.165, 1.54) is 74.9 Å². The molecule has 448 valence electrons. The minimum Gasteiger partial charge on any atom is -0.478 e. The summed E-state index contributed by atoms with van der Waals surface area (Å²) in [5.74, 6) is -0.476. The summed E-state index contributed by atoms with van der Waals surface area (Å²) in [6, 6.07) is 36.6. The zero-order chi connectivity index (χ0) is 62.3. The molecule has 20 heteroatoms. The van der Waals surface area contributed by atoms with Gasteiger partial charge in [0.25, 0.3) is 17.0 Å². The molecule has 0 radical (unpaired) electrons. The van der Waals surface area contributed by atoms with Crippen molar-refractivity contribution >= 4 is 45.5 Å². The lowest BCUT2D eigenvalue weighted by molar-refractivity contribution is -0.156. The largest absolute Gasteiger partial charge is 0.478 e. The molecule has 18 nitrogen and oxygen atoms in total. The predicted molar refractivity (Wildman–Crippen MR) is 324 cm³/mol. The standard InChI is InChI=1S/C33H33FN4O4.C24H25FN2O5.C9H12N2O/c1-21-9-11-22(12-10-21)19-28-36-31(42-37-28)23-13-18-26-27(20-23)35-29(7-5-6-8-30(39)41-33(2,3)4)38(32(26)40)25-16-14-24(34)15-17-25;1-24(2,3)32-21(28)7-5-4-6-20-26-19-14-15(23(30)31)8-13-18(19)22(29)27(20)17-11-9-16(25)10-12-17;1-7-2-4-8(5-3-7)6-9(10)11-12/h9-18,20H,5-8,19H2,1-4H3;8-14H,4-7H2,1-3H3,(H,30,31);2-5,12H,6H2,1H3,(H2,10,11). The van der Waals surface area contributed by atoms with Crippen LogP contribution < -0.4 is 16.9 Å². The third-order valence-electron chi connectivity index (χ3n) is 13.0. The van der Waals surface area contributed by atoms with E-state index >= 15 is 0 Å². The van der Waals surface area contributed by atoms with Gasteiger partial charge in [0.1, 0.15) is 40.3 Å². The van der Waals surface area contributed by atoms with Gasteiger partial charge in [-0.25, -0.2) is 23.5 Å². The number of hydrogen-bond acceptors (Lipinski definition) is 14. The Balaban J connectivity index is 0.000000211. The number of nitrogens with zero attached hydrogens (tertiary/aromatic N) is 7. The molecule has 0 aliphatic carbocycles. The number of benzene rings is 6. The number of unbranched alkanes of at least 4 members (excludes halogenated alkanes) is 2. The summed E-state index contributed by atoms with van der Waals surface area (Å²) in [6.45, 7) is 15.0. The maximum atomic E-state index is 13.7. The second-order valence-corrected chi connectivity index (χ2v) is 22.6. The van der Waals surface area contributed by atoms with E-state index in [1.54, 1.807) is 51.1 Å². The van der Waals surface area contributed by atoms with E-state index in [0.717, 1.165) is 11.1 Å². The highest BCUT2D eigenvalue weighted by Crippen LogP contribution is 2.25. The zero-order valence-electron chi connectivity index (χ0n) is 49.4. The summed E-state index contributed by atoms with van der Waals surface area (Å²) in [5.41, 5.74) is 10.5. The van der Waals surface area contributed by atoms with E-state index < -0.39 is 28.8 Å². The highest BCUT2D eigenvalue weighted by Gasteiger charge is 2.21. The molecule has 3 heterocycles. The summed E-state index contributed by atoms with van der Waals surface area (Å²) in [5, 5.41) is 25.3. The number of aromatic nitrogens is 6. The Hall–Kier alpha value is -9.72. The van der Waals surface area contributed by atoms with Crippen molar-refractivity contribution in [3.63, 3.8) is 0 Å². The summed E-state index contributed by atoms with van der Waals surface area (Å²) in [7, 11) is 0. The second kappa shape index (κ2) is 28.7. The minimum atomic E-state index is -1.12. The fourth-order valence-electron chi connectivity index (χ4n) is 8.95. The maximum absolute atomic E-state index is 13.7. The molecular formula is C66H70F2N8O10. The third-order valence-corrected chi connectivity index (χ3v) is 13.0. The molecular weight excluding hydrogens is 1100 g/mol. The van der Waals surface area contributed by atoms with Gasteiger partial charge in [0.2, 0.25) is 0 Å². The number of esters is 2. The molecule has 3 aromatic heterocycles. The molecule has 0 aliphatic heterocycles. The first-order valence-corrected chi connectivity index (χ1v) is 28.0. The van der Waals surface area contributed by atoms with Crippen molar-refractivity contribution in [2.45, 2.75) is 131 Å². The van der Waals surface area contributed by atoms with Crippen molar-refractivity contribution in [3.05, 3.63) is 211 Å². The van der Waals surface area contributed by atoms with E-state index in [4.69, 9.17) is 29.9 Å². The zero-order valence-corrected chi connectivity index (χ0v) is 49.4. The van der Waals surface area contributed by atoms with E-state index in [9.17, 15) is 37.9 Å². The fraction of sp³-hybridized carbons (Fsp3) is 0.303. The molecule has 0 atom stereocenters. The summed E-state index contributed by atoms with van der Waals surface area (Å²) in [4.78, 5) is 76.3. The second-order valence-electron chi connectivity index (χ2n) is 22.6. The van der Waals surface area contributed by atoms with Crippen LogP contribution in [-0.4, -0.2) is 74.5 Å². The Labute approximate surface area is 496 Å². The van der Waals surface area contributed by atoms with E-state index in [0.29, 0.717) is 103 Å². The Bertz CT molecular complexity index is 3980. The van der Waals surface area contributed by atoms with Gasteiger partial charge >= 0.3 is 17.9 Å². The normalized spacial score (nSPS) is 11.6. The number of amidine groups is 1. The Kier molecular flexibility index (Phi) is 21.3. The summed E-state index contributed by atoms with van der Waals surface area (Å²) >= 11 is 0. The maximum Gasteiger partial charge on any atom is 0.335 e. The number of ether oxygens (including phenoxy) is 2. The Morgan fingerprint density at radius 2 is 1.06 bits per heavy atom. The van der Waals surface area contributed by atoms with Gasteiger partial charge in [-0.2, -0.15) is 4.98 Å². The minimum absolute atomic E-state index is 0.0276. The molecule has 0 spiro atoms. The van der Waals surface area contributed by atoms with Crippen LogP contribution in [0, 0.1) is 25.5 Å². The van der Waals surface area contributed by atoms with Gasteiger partial charge in [0.15, 0.2) is 5.82 Å². The first kappa shape index (κ1) is 63.9. The molecule has 0 saturated heterocycles. The number of hydrogen-bond donors (Lipinski definition) is 3. The van der Waals surface area contributed by atoms with Crippen molar-refractivity contribution in [1.29, 1.82) is 0 Å². The van der Waals surface area contributed by atoms with Crippen LogP contribution in [0.2, 0.25) is 0 Å². The monoisotopic (exact) mass is 1170 g/mol. The van der Waals surface area contributed by atoms with Crippen LogP contribution in [0.4, 0.5) is 8.78 Å². The van der Waals surface area contributed by atoms with Gasteiger partial charge in [0, 0.05) is 44.1 Å². The molecule has 86 heavy (non-hydrogen) atoms. The smallest absolute Gasteiger partial charge is 0.335 e. The lowest BCUT2D eigenvalue weighted by Gasteiger charge is -2.19. The van der Waals surface area contributed by atoms with Crippen LogP contribution in [0.5, 0.6) is 0 Å². The number of carboxylic acids is 1. The molecule has 0 bridgehead atoms. The summed E-state index contributed by atoms with van der Waals surface area (Å²) in [6.07, 6.45) is 4.56. The molecule has 0 aliphatic rings. The molecule has 9 rings (SSSR count).